The Bertz CT molecular complexity index is 952. The van der Waals surface area contributed by atoms with Crippen LogP contribution in [0.2, 0.25) is 0 Å². The molecule has 0 aliphatic heterocycles. The van der Waals surface area contributed by atoms with Gasteiger partial charge >= 0.3 is 0 Å². The van der Waals surface area contributed by atoms with Crippen molar-refractivity contribution >= 4 is 5.78 Å². The summed E-state index contributed by atoms with van der Waals surface area (Å²) in [4.78, 5) is 12.8. The molecule has 1 aromatic heterocycles. The molecule has 1 heterocycles. The van der Waals surface area contributed by atoms with Crippen LogP contribution in [0.25, 0.3) is 22.8 Å². The first kappa shape index (κ1) is 16.0. The molecule has 26 heavy (non-hydrogen) atoms. The Morgan fingerprint density at radius 1 is 0.654 bits per heavy atom. The van der Waals surface area contributed by atoms with Gasteiger partial charge in [-0.25, -0.2) is 0 Å². The van der Waals surface area contributed by atoms with E-state index in [4.69, 9.17) is 0 Å². The minimum atomic E-state index is 0.0276. The number of Topliss-reactive ketones (excluding diaryl/α,β-unsaturated/α-hetero) is 1. The van der Waals surface area contributed by atoms with Gasteiger partial charge in [-0.3, -0.25) is 9.36 Å². The highest BCUT2D eigenvalue weighted by atomic mass is 16.1. The molecular weight excluding hydrogens is 322 g/mol. The fourth-order valence-electron chi connectivity index (χ4n) is 2.91. The first-order valence-electron chi connectivity index (χ1n) is 8.45. The van der Waals surface area contributed by atoms with Gasteiger partial charge in [0.1, 0.15) is 0 Å². The predicted molar refractivity (Wildman–Crippen MR) is 102 cm³/mol. The van der Waals surface area contributed by atoms with E-state index in [1.54, 1.807) is 0 Å². The third-order valence-electron chi connectivity index (χ3n) is 4.21. The summed E-state index contributed by atoms with van der Waals surface area (Å²) in [6.45, 7) is 0.186. The van der Waals surface area contributed by atoms with Crippen molar-refractivity contribution in [2.24, 2.45) is 0 Å². The average molecular weight is 339 g/mol. The van der Waals surface area contributed by atoms with Crippen LogP contribution in [0, 0.1) is 0 Å². The van der Waals surface area contributed by atoms with Crippen LogP contribution in [0.3, 0.4) is 0 Å². The van der Waals surface area contributed by atoms with Gasteiger partial charge < -0.3 is 0 Å². The van der Waals surface area contributed by atoms with E-state index in [1.807, 2.05) is 95.6 Å². The molecule has 3 aromatic carbocycles. The van der Waals surface area contributed by atoms with E-state index >= 15 is 0 Å². The Hall–Kier alpha value is -3.53. The van der Waals surface area contributed by atoms with Crippen LogP contribution in [0.4, 0.5) is 0 Å². The van der Waals surface area contributed by atoms with Crippen molar-refractivity contribution in [1.82, 2.24) is 14.8 Å². The molecule has 0 amide bonds. The van der Waals surface area contributed by atoms with Crippen molar-refractivity contribution in [3.05, 3.63) is 96.6 Å². The molecule has 0 spiro atoms. The molecule has 0 N–H and O–H groups in total. The van der Waals surface area contributed by atoms with E-state index in [0.717, 1.165) is 11.1 Å². The lowest BCUT2D eigenvalue weighted by Gasteiger charge is -2.10. The summed E-state index contributed by atoms with van der Waals surface area (Å²) in [5.41, 5.74) is 2.55. The van der Waals surface area contributed by atoms with Crippen molar-refractivity contribution in [2.45, 2.75) is 6.54 Å². The second kappa shape index (κ2) is 7.15. The van der Waals surface area contributed by atoms with Crippen LogP contribution in [0.5, 0.6) is 0 Å². The van der Waals surface area contributed by atoms with E-state index in [-0.39, 0.29) is 12.3 Å². The summed E-state index contributed by atoms with van der Waals surface area (Å²) in [6, 6.07) is 28.9. The molecule has 0 bridgehead atoms. The van der Waals surface area contributed by atoms with Gasteiger partial charge in [0.25, 0.3) is 0 Å². The maximum atomic E-state index is 12.8. The lowest BCUT2D eigenvalue weighted by Crippen LogP contribution is -2.13. The molecule has 0 atom stereocenters. The number of rotatable bonds is 5. The molecule has 0 unspecified atom stereocenters. The van der Waals surface area contributed by atoms with Gasteiger partial charge in [0.15, 0.2) is 17.4 Å². The monoisotopic (exact) mass is 339 g/mol. The fourth-order valence-corrected chi connectivity index (χ4v) is 2.91. The van der Waals surface area contributed by atoms with E-state index in [9.17, 15) is 4.79 Å². The standard InChI is InChI=1S/C22H17N3O/c26-20(17-10-4-1-5-11-17)16-25-21(18-12-6-2-7-13-18)23-24-22(25)19-14-8-3-9-15-19/h1-15H,16H2. The first-order chi connectivity index (χ1) is 12.8. The maximum absolute atomic E-state index is 12.8. The third kappa shape index (κ3) is 3.17. The third-order valence-corrected chi connectivity index (χ3v) is 4.21. The lowest BCUT2D eigenvalue weighted by atomic mass is 10.1. The quantitative estimate of drug-likeness (QED) is 0.503. The zero-order valence-electron chi connectivity index (χ0n) is 14.1. The smallest absolute Gasteiger partial charge is 0.182 e. The lowest BCUT2D eigenvalue weighted by molar-refractivity contribution is 0.0973. The first-order valence-corrected chi connectivity index (χ1v) is 8.45. The molecule has 4 rings (SSSR count). The summed E-state index contributed by atoms with van der Waals surface area (Å²) in [5.74, 6) is 1.40. The van der Waals surface area contributed by atoms with Gasteiger partial charge in [-0.2, -0.15) is 0 Å². The molecule has 0 saturated heterocycles. The summed E-state index contributed by atoms with van der Waals surface area (Å²) < 4.78 is 1.89. The number of hydrogen-bond acceptors (Lipinski definition) is 3. The molecule has 126 valence electrons. The second-order valence-corrected chi connectivity index (χ2v) is 5.95. The Morgan fingerprint density at radius 2 is 1.08 bits per heavy atom. The summed E-state index contributed by atoms with van der Waals surface area (Å²) in [6.07, 6.45) is 0. The van der Waals surface area contributed by atoms with Crippen molar-refractivity contribution < 1.29 is 4.79 Å². The van der Waals surface area contributed by atoms with Gasteiger partial charge in [0.2, 0.25) is 0 Å². The van der Waals surface area contributed by atoms with Crippen molar-refractivity contribution in [2.75, 3.05) is 0 Å². The van der Waals surface area contributed by atoms with E-state index < -0.39 is 0 Å². The number of ketones is 1. The molecule has 0 aliphatic carbocycles. The highest BCUT2D eigenvalue weighted by Gasteiger charge is 2.18. The van der Waals surface area contributed by atoms with E-state index in [1.165, 1.54) is 0 Å². The molecular formula is C22H17N3O. The van der Waals surface area contributed by atoms with Crippen LogP contribution in [-0.4, -0.2) is 20.5 Å². The van der Waals surface area contributed by atoms with Gasteiger partial charge in [-0.05, 0) is 0 Å². The molecule has 4 aromatic rings. The van der Waals surface area contributed by atoms with Gasteiger partial charge in [-0.1, -0.05) is 91.0 Å². The molecule has 0 radical (unpaired) electrons. The minimum Gasteiger partial charge on any atom is -0.299 e. The maximum Gasteiger partial charge on any atom is 0.182 e. The molecule has 4 heteroatoms. The molecule has 0 saturated carbocycles. The van der Waals surface area contributed by atoms with E-state index in [0.29, 0.717) is 17.2 Å². The number of benzene rings is 3. The van der Waals surface area contributed by atoms with Crippen LogP contribution in [-0.2, 0) is 6.54 Å². The van der Waals surface area contributed by atoms with Gasteiger partial charge in [-0.15, -0.1) is 10.2 Å². The topological polar surface area (TPSA) is 47.8 Å². The summed E-state index contributed by atoms with van der Waals surface area (Å²) in [7, 11) is 0. The zero-order chi connectivity index (χ0) is 17.8. The largest absolute Gasteiger partial charge is 0.299 e. The normalized spacial score (nSPS) is 10.6. The fraction of sp³-hybridized carbons (Fsp3) is 0.0455. The van der Waals surface area contributed by atoms with Crippen LogP contribution >= 0.6 is 0 Å². The molecule has 0 aliphatic rings. The summed E-state index contributed by atoms with van der Waals surface area (Å²) in [5, 5.41) is 8.74. The number of nitrogens with zero attached hydrogens (tertiary/aromatic N) is 3. The Morgan fingerprint density at radius 3 is 1.54 bits per heavy atom. The van der Waals surface area contributed by atoms with Gasteiger partial charge in [0, 0.05) is 16.7 Å². The molecule has 0 fully saturated rings. The average Bonchev–Trinajstić information content (AvgIpc) is 3.13. The Labute approximate surface area is 151 Å². The highest BCUT2D eigenvalue weighted by molar-refractivity contribution is 5.96. The predicted octanol–water partition coefficient (Wildman–Crippen LogP) is 4.50. The SMILES string of the molecule is O=C(Cn1c(-c2ccccc2)nnc1-c1ccccc1)c1ccccc1. The van der Waals surface area contributed by atoms with Crippen molar-refractivity contribution in [1.29, 1.82) is 0 Å². The summed E-state index contributed by atoms with van der Waals surface area (Å²) >= 11 is 0. The number of carbonyl (C=O) groups is 1. The van der Waals surface area contributed by atoms with Crippen molar-refractivity contribution in [3.8, 4) is 22.8 Å². The Kier molecular flexibility index (Phi) is 4.39. The number of aromatic nitrogens is 3. The Balaban J connectivity index is 1.80. The molecule has 4 nitrogen and oxygen atoms in total. The van der Waals surface area contributed by atoms with Crippen molar-refractivity contribution in [3.63, 3.8) is 0 Å². The van der Waals surface area contributed by atoms with Crippen LogP contribution < -0.4 is 0 Å². The minimum absolute atomic E-state index is 0.0276. The highest BCUT2D eigenvalue weighted by Crippen LogP contribution is 2.24. The number of carbonyl (C=O) groups excluding carboxylic acids is 1. The van der Waals surface area contributed by atoms with E-state index in [2.05, 4.69) is 10.2 Å². The number of hydrogen-bond donors (Lipinski definition) is 0. The van der Waals surface area contributed by atoms with Crippen LogP contribution in [0.1, 0.15) is 10.4 Å². The van der Waals surface area contributed by atoms with Gasteiger partial charge in [0.05, 0.1) is 6.54 Å². The second-order valence-electron chi connectivity index (χ2n) is 5.95. The zero-order valence-corrected chi connectivity index (χ0v) is 14.1. The van der Waals surface area contributed by atoms with Crippen LogP contribution in [0.15, 0.2) is 91.0 Å².